The number of nitrogens with zero attached hydrogens (tertiary/aromatic N) is 2. The van der Waals surface area contributed by atoms with Crippen LogP contribution in [0.2, 0.25) is 0 Å². The van der Waals surface area contributed by atoms with E-state index < -0.39 is 0 Å². The minimum atomic E-state index is -0.149. The molecule has 6 N–H and O–H groups in total. The Bertz CT molecular complexity index is 185. The van der Waals surface area contributed by atoms with Crippen LogP contribution in [0.15, 0.2) is 24.3 Å². The minimum absolute atomic E-state index is 0.149. The highest BCUT2D eigenvalue weighted by Crippen LogP contribution is 2.20. The molecule has 76 valence electrons. The van der Waals surface area contributed by atoms with Crippen LogP contribution < -0.4 is 17.5 Å². The molecule has 0 fully saturated rings. The molecule has 13 heavy (non-hydrogen) atoms. The Morgan fingerprint density at radius 1 is 1.08 bits per heavy atom. The Balaban J connectivity index is 0.000000671. The van der Waals surface area contributed by atoms with E-state index in [1.54, 1.807) is 5.12 Å². The minimum Gasteiger partial charge on any atom is -0.274 e. The van der Waals surface area contributed by atoms with Gasteiger partial charge in [0.2, 0.25) is 0 Å². The maximum Gasteiger partial charge on any atom is 0.0847 e. The molecule has 1 rings (SSSR count). The topological polar surface area (TPSA) is 84.5 Å². The van der Waals surface area contributed by atoms with Gasteiger partial charge < -0.3 is 0 Å². The lowest BCUT2D eigenvalue weighted by atomic mass is 10.1. The van der Waals surface area contributed by atoms with Gasteiger partial charge in [-0.3, -0.25) is 17.5 Å². The molecule has 0 amide bonds. The molecule has 0 atom stereocenters. The number of hydrazine groups is 3. The largest absolute Gasteiger partial charge is 0.274 e. The number of allylic oxidation sites excluding steroid dienone is 2. The van der Waals surface area contributed by atoms with Crippen LogP contribution in [-0.4, -0.2) is 29.8 Å². The molecule has 0 unspecified atom stereocenters. The van der Waals surface area contributed by atoms with Crippen molar-refractivity contribution in [2.24, 2.45) is 17.5 Å². The molecule has 0 aromatic rings. The Labute approximate surface area is 79.4 Å². The second-order valence-electron chi connectivity index (χ2n) is 3.14. The fraction of sp³-hybridized carbons (Fsp3) is 0.500. The monoisotopic (exact) mass is 185 g/mol. The zero-order valence-corrected chi connectivity index (χ0v) is 8.44. The lowest BCUT2D eigenvalue weighted by molar-refractivity contribution is -0.0278. The van der Waals surface area contributed by atoms with Crippen molar-refractivity contribution in [2.75, 3.05) is 14.1 Å². The summed E-state index contributed by atoms with van der Waals surface area (Å²) in [5, 5.41) is 3.55. The van der Waals surface area contributed by atoms with E-state index in [1.807, 2.05) is 31.3 Å². The summed E-state index contributed by atoms with van der Waals surface area (Å²) in [6.07, 6.45) is 8.13. The summed E-state index contributed by atoms with van der Waals surface area (Å²) in [5.41, 5.74) is -0.149. The van der Waals surface area contributed by atoms with E-state index in [1.165, 1.54) is 0 Å². The molecule has 5 nitrogen and oxygen atoms in total. The van der Waals surface area contributed by atoms with E-state index in [0.717, 1.165) is 0 Å². The van der Waals surface area contributed by atoms with Crippen LogP contribution in [0.5, 0.6) is 0 Å². The molecular formula is C8H19N5. The summed E-state index contributed by atoms with van der Waals surface area (Å²) in [5.74, 6) is 13.8. The third-order valence-electron chi connectivity index (χ3n) is 1.90. The van der Waals surface area contributed by atoms with Crippen molar-refractivity contribution < 1.29 is 0 Å². The molecule has 0 aromatic heterocycles. The average molecular weight is 185 g/mol. The highest BCUT2D eigenvalue weighted by molar-refractivity contribution is 5.28. The van der Waals surface area contributed by atoms with Gasteiger partial charge in [-0.2, -0.15) is 5.12 Å². The normalized spacial score (nSPS) is 17.8. The summed E-state index contributed by atoms with van der Waals surface area (Å²) in [7, 11) is 3.84. The van der Waals surface area contributed by atoms with Gasteiger partial charge in [0.15, 0.2) is 0 Å². The van der Waals surface area contributed by atoms with Crippen molar-refractivity contribution >= 4 is 0 Å². The summed E-state index contributed by atoms with van der Waals surface area (Å²) >= 11 is 0. The maximum atomic E-state index is 5.81. The summed E-state index contributed by atoms with van der Waals surface area (Å²) in [4.78, 5) is 0. The second kappa shape index (κ2) is 5.11. The molecule has 5 heteroatoms. The van der Waals surface area contributed by atoms with Crippen molar-refractivity contribution in [1.29, 1.82) is 0 Å². The Hall–Kier alpha value is -0.720. The first-order valence-electron chi connectivity index (χ1n) is 3.99. The van der Waals surface area contributed by atoms with Crippen LogP contribution in [0.3, 0.4) is 0 Å². The molecule has 0 bridgehead atoms. The fourth-order valence-electron chi connectivity index (χ4n) is 1.14. The molecule has 0 radical (unpaired) electrons. The molecule has 0 heterocycles. The van der Waals surface area contributed by atoms with Crippen LogP contribution in [0.4, 0.5) is 0 Å². The summed E-state index contributed by atoms with van der Waals surface area (Å²) in [6, 6.07) is 0. The van der Waals surface area contributed by atoms with Crippen molar-refractivity contribution in [3.63, 3.8) is 0 Å². The number of rotatable bonds is 2. The van der Waals surface area contributed by atoms with E-state index in [9.17, 15) is 0 Å². The first-order valence-corrected chi connectivity index (χ1v) is 3.99. The van der Waals surface area contributed by atoms with E-state index in [2.05, 4.69) is 30.8 Å². The van der Waals surface area contributed by atoms with E-state index in [-0.39, 0.29) is 5.54 Å². The predicted octanol–water partition coefficient (Wildman–Crippen LogP) is -0.658. The lowest BCUT2D eigenvalue weighted by Gasteiger charge is -2.35. The maximum absolute atomic E-state index is 5.81. The fourth-order valence-corrected chi connectivity index (χ4v) is 1.14. The summed E-state index contributed by atoms with van der Waals surface area (Å²) < 4.78 is 0. The van der Waals surface area contributed by atoms with Crippen molar-refractivity contribution in [3.05, 3.63) is 24.3 Å². The third kappa shape index (κ3) is 2.91. The van der Waals surface area contributed by atoms with E-state index in [0.29, 0.717) is 0 Å². The van der Waals surface area contributed by atoms with Gasteiger partial charge in [0, 0.05) is 14.1 Å². The standard InChI is InChI=1S/C8H15N3.H4N2/c1-8(6-4-5-7-8)11(9)10(2)3;1-2/h4-7H,9H2,1-3H3;1-2H2. The zero-order chi connectivity index (χ0) is 10.5. The molecule has 0 saturated heterocycles. The van der Waals surface area contributed by atoms with Crippen LogP contribution in [-0.2, 0) is 0 Å². The first-order chi connectivity index (χ1) is 6.06. The van der Waals surface area contributed by atoms with Crippen LogP contribution in [0.25, 0.3) is 0 Å². The molecule has 0 aliphatic heterocycles. The molecule has 0 aromatic carbocycles. The van der Waals surface area contributed by atoms with Crippen LogP contribution >= 0.6 is 0 Å². The van der Waals surface area contributed by atoms with Crippen molar-refractivity contribution in [3.8, 4) is 0 Å². The molecule has 0 saturated carbocycles. The highest BCUT2D eigenvalue weighted by atomic mass is 15.8. The second-order valence-corrected chi connectivity index (χ2v) is 3.14. The van der Waals surface area contributed by atoms with Crippen molar-refractivity contribution in [1.82, 2.24) is 10.1 Å². The first kappa shape index (κ1) is 12.3. The molecule has 1 aliphatic rings. The highest BCUT2D eigenvalue weighted by Gasteiger charge is 2.27. The molecule has 0 spiro atoms. The van der Waals surface area contributed by atoms with E-state index in [4.69, 9.17) is 5.84 Å². The SMILES string of the molecule is CN(C)N(N)C1(C)C=CC=C1.NN. The number of hydrogen-bond donors (Lipinski definition) is 3. The molecular weight excluding hydrogens is 166 g/mol. The smallest absolute Gasteiger partial charge is 0.0847 e. The lowest BCUT2D eigenvalue weighted by Crippen LogP contribution is -2.54. The Kier molecular flexibility index (Phi) is 4.82. The molecule has 1 aliphatic carbocycles. The average Bonchev–Trinajstić information content (AvgIpc) is 2.55. The number of hydrogen-bond acceptors (Lipinski definition) is 5. The summed E-state index contributed by atoms with van der Waals surface area (Å²) in [6.45, 7) is 2.06. The van der Waals surface area contributed by atoms with Gasteiger partial charge in [-0.15, -0.1) is 0 Å². The zero-order valence-electron chi connectivity index (χ0n) is 8.44. The van der Waals surface area contributed by atoms with Gasteiger partial charge in [0.25, 0.3) is 0 Å². The van der Waals surface area contributed by atoms with Crippen LogP contribution in [0, 0.1) is 0 Å². The van der Waals surface area contributed by atoms with Gasteiger partial charge in [-0.05, 0) is 6.92 Å². The third-order valence-corrected chi connectivity index (χ3v) is 1.90. The predicted molar refractivity (Wildman–Crippen MR) is 54.8 cm³/mol. The van der Waals surface area contributed by atoms with Gasteiger partial charge in [0.1, 0.15) is 0 Å². The van der Waals surface area contributed by atoms with Crippen LogP contribution in [0.1, 0.15) is 6.92 Å². The van der Waals surface area contributed by atoms with E-state index >= 15 is 0 Å². The quantitative estimate of drug-likeness (QED) is 0.393. The Morgan fingerprint density at radius 3 is 1.77 bits per heavy atom. The van der Waals surface area contributed by atoms with Gasteiger partial charge in [-0.1, -0.05) is 24.3 Å². The van der Waals surface area contributed by atoms with Gasteiger partial charge >= 0.3 is 0 Å². The van der Waals surface area contributed by atoms with Crippen molar-refractivity contribution in [2.45, 2.75) is 12.5 Å². The number of nitrogens with two attached hydrogens (primary N) is 3. The van der Waals surface area contributed by atoms with Gasteiger partial charge in [-0.25, -0.2) is 5.01 Å². The Morgan fingerprint density at radius 2 is 1.46 bits per heavy atom. The van der Waals surface area contributed by atoms with Gasteiger partial charge in [0.05, 0.1) is 5.54 Å².